The van der Waals surface area contributed by atoms with Crippen molar-refractivity contribution in [3.05, 3.63) is 75.3 Å². The van der Waals surface area contributed by atoms with Gasteiger partial charge >= 0.3 is 6.09 Å². The number of carbonyl (C=O) groups is 1. The molecule has 1 amide bonds. The SMILES string of the molecule is CCO/C=C/c1ccc(F)c(C(C)Nc2cc(F)c(S(=O)(=O)N(C(=O)O)c3cscn3)cc2Cl)c1. The lowest BCUT2D eigenvalue weighted by Crippen LogP contribution is -2.36. The van der Waals surface area contributed by atoms with Crippen molar-refractivity contribution in [1.29, 1.82) is 0 Å². The van der Waals surface area contributed by atoms with Crippen LogP contribution in [0.1, 0.15) is 31.0 Å². The van der Waals surface area contributed by atoms with E-state index in [2.05, 4.69) is 10.3 Å². The number of hydrogen-bond acceptors (Lipinski definition) is 7. The molecule has 13 heteroatoms. The third-order valence-electron chi connectivity index (χ3n) is 4.72. The van der Waals surface area contributed by atoms with Gasteiger partial charge in [0.05, 0.1) is 35.1 Å². The van der Waals surface area contributed by atoms with Gasteiger partial charge in [0.15, 0.2) is 5.82 Å². The Morgan fingerprint density at radius 3 is 2.69 bits per heavy atom. The fourth-order valence-corrected chi connectivity index (χ4v) is 5.29. The van der Waals surface area contributed by atoms with Gasteiger partial charge in [-0.15, -0.1) is 15.6 Å². The molecule has 186 valence electrons. The number of aromatic nitrogens is 1. The number of hydrogen-bond donors (Lipinski definition) is 2. The minimum atomic E-state index is -4.89. The average Bonchev–Trinajstić information content (AvgIpc) is 3.30. The van der Waals surface area contributed by atoms with Gasteiger partial charge in [-0.25, -0.2) is 27.0 Å². The molecule has 8 nitrogen and oxygen atoms in total. The van der Waals surface area contributed by atoms with E-state index in [1.54, 1.807) is 25.1 Å². The van der Waals surface area contributed by atoms with E-state index in [4.69, 9.17) is 16.3 Å². The number of amides is 1. The maximum absolute atomic E-state index is 14.9. The number of ether oxygens (including phenoxy) is 1. The first-order chi connectivity index (χ1) is 16.6. The Kier molecular flexibility index (Phi) is 8.30. The summed E-state index contributed by atoms with van der Waals surface area (Å²) in [6.07, 6.45) is 1.27. The molecule has 0 radical (unpaired) electrons. The number of sulfonamides is 1. The molecule has 1 atom stereocenters. The summed E-state index contributed by atoms with van der Waals surface area (Å²) in [6.45, 7) is 3.91. The molecule has 3 aromatic rings. The monoisotopic (exact) mass is 543 g/mol. The number of benzene rings is 2. The molecule has 2 N–H and O–H groups in total. The topological polar surface area (TPSA) is 109 Å². The highest BCUT2D eigenvalue weighted by molar-refractivity contribution is 7.93. The zero-order valence-electron chi connectivity index (χ0n) is 18.4. The summed E-state index contributed by atoms with van der Waals surface area (Å²) in [5, 5.41) is 13.2. The molecule has 2 aromatic carbocycles. The van der Waals surface area contributed by atoms with Crippen LogP contribution in [0.15, 0.2) is 52.4 Å². The van der Waals surface area contributed by atoms with Crippen molar-refractivity contribution in [2.75, 3.05) is 16.2 Å². The smallest absolute Gasteiger partial charge is 0.427 e. The lowest BCUT2D eigenvalue weighted by molar-refractivity contribution is 0.206. The molecule has 0 saturated carbocycles. The Balaban J connectivity index is 1.92. The molecule has 0 aliphatic rings. The van der Waals surface area contributed by atoms with Gasteiger partial charge < -0.3 is 15.2 Å². The molecule has 0 saturated heterocycles. The summed E-state index contributed by atoms with van der Waals surface area (Å²) in [6, 6.07) is 5.31. The van der Waals surface area contributed by atoms with Gasteiger partial charge in [0, 0.05) is 10.9 Å². The van der Waals surface area contributed by atoms with Crippen LogP contribution < -0.4 is 9.62 Å². The second-order valence-corrected chi connectivity index (χ2v) is 9.95. The van der Waals surface area contributed by atoms with E-state index in [0.29, 0.717) is 12.2 Å². The summed E-state index contributed by atoms with van der Waals surface area (Å²) < 4.78 is 60.3. The molecule has 0 aliphatic heterocycles. The fraction of sp³-hybridized carbons (Fsp3) is 0.182. The van der Waals surface area contributed by atoms with Crippen molar-refractivity contribution in [1.82, 2.24) is 4.98 Å². The van der Waals surface area contributed by atoms with Crippen molar-refractivity contribution < 1.29 is 31.8 Å². The molecule has 3 rings (SSSR count). The molecule has 0 aliphatic carbocycles. The Hall–Kier alpha value is -3.22. The van der Waals surface area contributed by atoms with Gasteiger partial charge in [-0.2, -0.15) is 0 Å². The standard InChI is InChI=1S/C22H20ClF2N3O5S2/c1-3-33-7-6-14-4-5-17(24)15(8-14)13(2)27-19-10-18(25)20(9-16(19)23)35(31,32)28(22(29)30)21-11-34-12-26-21/h4-13,27H,3H2,1-2H3,(H,29,30)/b7-6+. The highest BCUT2D eigenvalue weighted by Gasteiger charge is 2.35. The van der Waals surface area contributed by atoms with Crippen LogP contribution in [-0.4, -0.2) is 31.2 Å². The normalized spacial score (nSPS) is 12.5. The van der Waals surface area contributed by atoms with Crippen LogP contribution in [0.4, 0.5) is 25.1 Å². The summed E-state index contributed by atoms with van der Waals surface area (Å²) in [5.41, 5.74) is 2.13. The van der Waals surface area contributed by atoms with E-state index in [0.717, 1.165) is 23.5 Å². The summed E-state index contributed by atoms with van der Waals surface area (Å²) in [4.78, 5) is 14.3. The third kappa shape index (κ3) is 5.89. The Labute approximate surface area is 209 Å². The van der Waals surface area contributed by atoms with E-state index >= 15 is 0 Å². The van der Waals surface area contributed by atoms with Gasteiger partial charge in [-0.1, -0.05) is 17.7 Å². The van der Waals surface area contributed by atoms with Crippen LogP contribution in [0.5, 0.6) is 0 Å². The molecule has 35 heavy (non-hydrogen) atoms. The fourth-order valence-electron chi connectivity index (χ4n) is 3.10. The number of nitrogens with one attached hydrogen (secondary N) is 1. The lowest BCUT2D eigenvalue weighted by Gasteiger charge is -2.20. The van der Waals surface area contributed by atoms with Crippen LogP contribution in [0.2, 0.25) is 5.02 Å². The predicted molar refractivity (Wildman–Crippen MR) is 130 cm³/mol. The van der Waals surface area contributed by atoms with Gasteiger partial charge in [-0.3, -0.25) is 0 Å². The zero-order valence-corrected chi connectivity index (χ0v) is 20.8. The van der Waals surface area contributed by atoms with Crippen molar-refractivity contribution >= 4 is 56.6 Å². The minimum absolute atomic E-state index is 0.0131. The third-order valence-corrected chi connectivity index (χ3v) is 7.30. The predicted octanol–water partition coefficient (Wildman–Crippen LogP) is 6.13. The van der Waals surface area contributed by atoms with E-state index in [1.807, 2.05) is 6.92 Å². The maximum atomic E-state index is 14.9. The summed E-state index contributed by atoms with van der Waals surface area (Å²) >= 11 is 7.18. The quantitative estimate of drug-likeness (QED) is 0.312. The van der Waals surface area contributed by atoms with E-state index in [9.17, 15) is 27.1 Å². The molecule has 0 bridgehead atoms. The second kappa shape index (κ2) is 11.0. The van der Waals surface area contributed by atoms with Crippen molar-refractivity contribution in [3.8, 4) is 0 Å². The summed E-state index contributed by atoms with van der Waals surface area (Å²) in [7, 11) is -4.89. The van der Waals surface area contributed by atoms with Crippen molar-refractivity contribution in [3.63, 3.8) is 0 Å². The molecular weight excluding hydrogens is 524 g/mol. The van der Waals surface area contributed by atoms with Crippen molar-refractivity contribution in [2.45, 2.75) is 24.8 Å². The number of carboxylic acid groups (broad SMARTS) is 1. The first-order valence-electron chi connectivity index (χ1n) is 10.1. The molecule has 0 spiro atoms. The maximum Gasteiger partial charge on any atom is 0.427 e. The Bertz CT molecular complexity index is 1350. The van der Waals surface area contributed by atoms with E-state index in [-0.39, 0.29) is 20.6 Å². The number of halogens is 3. The minimum Gasteiger partial charge on any atom is -0.501 e. The van der Waals surface area contributed by atoms with E-state index in [1.165, 1.54) is 23.2 Å². The van der Waals surface area contributed by atoms with E-state index < -0.39 is 44.5 Å². The number of nitrogens with zero attached hydrogens (tertiary/aromatic N) is 2. The first-order valence-corrected chi connectivity index (χ1v) is 12.8. The number of anilines is 2. The summed E-state index contributed by atoms with van der Waals surface area (Å²) in [5.74, 6) is -2.17. The highest BCUT2D eigenvalue weighted by atomic mass is 35.5. The van der Waals surface area contributed by atoms with Gasteiger partial charge in [0.1, 0.15) is 16.5 Å². The van der Waals surface area contributed by atoms with Gasteiger partial charge in [0.25, 0.3) is 10.0 Å². The van der Waals surface area contributed by atoms with Crippen LogP contribution in [0, 0.1) is 11.6 Å². The van der Waals surface area contributed by atoms with Gasteiger partial charge in [0.2, 0.25) is 0 Å². The number of rotatable bonds is 9. The molecular formula is C22H20ClF2N3O5S2. The van der Waals surface area contributed by atoms with Gasteiger partial charge in [-0.05, 0) is 49.8 Å². The molecule has 1 unspecified atom stereocenters. The van der Waals surface area contributed by atoms with Crippen molar-refractivity contribution in [2.24, 2.45) is 0 Å². The second-order valence-electron chi connectivity index (χ2n) is 7.07. The lowest BCUT2D eigenvalue weighted by atomic mass is 10.0. The average molecular weight is 544 g/mol. The van der Waals surface area contributed by atoms with Crippen LogP contribution in [0.3, 0.4) is 0 Å². The molecule has 1 aromatic heterocycles. The molecule has 1 heterocycles. The highest BCUT2D eigenvalue weighted by Crippen LogP contribution is 2.34. The zero-order chi connectivity index (χ0) is 25.8. The largest absolute Gasteiger partial charge is 0.501 e. The Morgan fingerprint density at radius 1 is 1.31 bits per heavy atom. The number of thiazole rings is 1. The van der Waals surface area contributed by atoms with Crippen LogP contribution >= 0.6 is 22.9 Å². The van der Waals surface area contributed by atoms with Crippen LogP contribution in [0.25, 0.3) is 6.08 Å². The van der Waals surface area contributed by atoms with Crippen LogP contribution in [-0.2, 0) is 14.8 Å². The molecule has 0 fully saturated rings. The first kappa shape index (κ1) is 26.4. The Morgan fingerprint density at radius 2 is 2.06 bits per heavy atom.